The summed E-state index contributed by atoms with van der Waals surface area (Å²) in [5.41, 5.74) is 7.51. The van der Waals surface area contributed by atoms with Gasteiger partial charge in [-0.2, -0.15) is 0 Å². The lowest BCUT2D eigenvalue weighted by atomic mass is 10.1. The number of nitrogens with zero attached hydrogens (tertiary/aromatic N) is 1. The summed E-state index contributed by atoms with van der Waals surface area (Å²) < 4.78 is 0. The number of carbonyl (C=O) groups is 2. The SMILES string of the molecule is CCC(N)CC(=O)N(CCC(=O)O)c1ccccc1C. The summed E-state index contributed by atoms with van der Waals surface area (Å²) in [5, 5.41) is 8.83. The van der Waals surface area contributed by atoms with E-state index >= 15 is 0 Å². The Balaban J connectivity index is 2.93. The lowest BCUT2D eigenvalue weighted by molar-refractivity contribution is -0.136. The van der Waals surface area contributed by atoms with Crippen LogP contribution in [0.4, 0.5) is 5.69 Å². The highest BCUT2D eigenvalue weighted by molar-refractivity contribution is 5.94. The molecule has 1 atom stereocenters. The van der Waals surface area contributed by atoms with E-state index in [-0.39, 0.29) is 31.3 Å². The minimum atomic E-state index is -0.920. The maximum absolute atomic E-state index is 12.3. The zero-order valence-electron chi connectivity index (χ0n) is 12.0. The summed E-state index contributed by atoms with van der Waals surface area (Å²) in [7, 11) is 0. The van der Waals surface area contributed by atoms with Crippen molar-refractivity contribution in [2.45, 2.75) is 39.2 Å². The molecule has 0 saturated carbocycles. The van der Waals surface area contributed by atoms with Gasteiger partial charge in [-0.15, -0.1) is 0 Å². The lowest BCUT2D eigenvalue weighted by Gasteiger charge is -2.25. The van der Waals surface area contributed by atoms with E-state index in [1.54, 1.807) is 0 Å². The van der Waals surface area contributed by atoms with Crippen LogP contribution in [0, 0.1) is 6.92 Å². The van der Waals surface area contributed by atoms with Gasteiger partial charge in [0.1, 0.15) is 0 Å². The molecule has 0 aromatic heterocycles. The molecule has 0 aliphatic heterocycles. The number of benzene rings is 1. The molecule has 0 aliphatic carbocycles. The molecule has 1 rings (SSSR count). The average Bonchev–Trinajstić information content (AvgIpc) is 2.40. The molecule has 3 N–H and O–H groups in total. The molecular formula is C15H22N2O3. The third-order valence-corrected chi connectivity index (χ3v) is 3.22. The second kappa shape index (κ2) is 7.65. The van der Waals surface area contributed by atoms with Gasteiger partial charge in [-0.25, -0.2) is 0 Å². The van der Waals surface area contributed by atoms with E-state index in [1.165, 1.54) is 4.90 Å². The van der Waals surface area contributed by atoms with Gasteiger partial charge in [0.05, 0.1) is 6.42 Å². The summed E-state index contributed by atoms with van der Waals surface area (Å²) >= 11 is 0. The molecule has 5 heteroatoms. The summed E-state index contributed by atoms with van der Waals surface area (Å²) in [6.45, 7) is 3.99. The normalized spacial score (nSPS) is 11.9. The van der Waals surface area contributed by atoms with E-state index in [1.807, 2.05) is 38.1 Å². The number of para-hydroxylation sites is 1. The van der Waals surface area contributed by atoms with Crippen molar-refractivity contribution in [3.63, 3.8) is 0 Å². The van der Waals surface area contributed by atoms with Crippen LogP contribution in [0.15, 0.2) is 24.3 Å². The highest BCUT2D eigenvalue weighted by atomic mass is 16.4. The van der Waals surface area contributed by atoms with Gasteiger partial charge < -0.3 is 15.7 Å². The number of anilines is 1. The monoisotopic (exact) mass is 278 g/mol. The molecule has 20 heavy (non-hydrogen) atoms. The van der Waals surface area contributed by atoms with Crippen molar-refractivity contribution in [3.05, 3.63) is 29.8 Å². The van der Waals surface area contributed by atoms with Crippen LogP contribution in [-0.2, 0) is 9.59 Å². The Kier molecular flexibility index (Phi) is 6.18. The largest absolute Gasteiger partial charge is 0.481 e. The summed E-state index contributed by atoms with van der Waals surface area (Å²) in [5.74, 6) is -1.05. The number of carboxylic acid groups (broad SMARTS) is 1. The van der Waals surface area contributed by atoms with Gasteiger partial charge >= 0.3 is 5.97 Å². The third kappa shape index (κ3) is 4.66. The van der Waals surface area contributed by atoms with Crippen molar-refractivity contribution < 1.29 is 14.7 Å². The molecule has 0 aliphatic rings. The molecule has 1 unspecified atom stereocenters. The van der Waals surface area contributed by atoms with Gasteiger partial charge in [-0.3, -0.25) is 9.59 Å². The molecule has 0 radical (unpaired) electrons. The Morgan fingerprint density at radius 3 is 2.55 bits per heavy atom. The summed E-state index contributed by atoms with van der Waals surface area (Å²) in [4.78, 5) is 24.6. The fraction of sp³-hybridized carbons (Fsp3) is 0.467. The van der Waals surface area contributed by atoms with Crippen LogP contribution in [0.5, 0.6) is 0 Å². The number of aliphatic carboxylic acids is 1. The second-order valence-electron chi connectivity index (χ2n) is 4.85. The van der Waals surface area contributed by atoms with Gasteiger partial charge in [0, 0.05) is 24.7 Å². The fourth-order valence-electron chi connectivity index (χ4n) is 1.93. The molecule has 1 aromatic carbocycles. The molecule has 110 valence electrons. The first-order valence-corrected chi connectivity index (χ1v) is 6.79. The van der Waals surface area contributed by atoms with Crippen molar-refractivity contribution in [1.29, 1.82) is 0 Å². The van der Waals surface area contributed by atoms with Crippen LogP contribution < -0.4 is 10.6 Å². The van der Waals surface area contributed by atoms with Crippen LogP contribution in [0.2, 0.25) is 0 Å². The Bertz CT molecular complexity index is 474. The number of aryl methyl sites for hydroxylation is 1. The zero-order valence-corrected chi connectivity index (χ0v) is 12.0. The standard InChI is InChI=1S/C15H22N2O3/c1-3-12(16)10-14(18)17(9-8-15(19)20)13-7-5-4-6-11(13)2/h4-7,12H,3,8-10,16H2,1-2H3,(H,19,20). The number of hydrogen-bond donors (Lipinski definition) is 2. The molecule has 0 spiro atoms. The summed E-state index contributed by atoms with van der Waals surface area (Å²) in [6, 6.07) is 7.25. The van der Waals surface area contributed by atoms with E-state index in [9.17, 15) is 9.59 Å². The number of carboxylic acids is 1. The number of amides is 1. The van der Waals surface area contributed by atoms with Gasteiger partial charge in [0.15, 0.2) is 0 Å². The molecule has 1 aromatic rings. The molecule has 5 nitrogen and oxygen atoms in total. The van der Waals surface area contributed by atoms with Crippen molar-refractivity contribution >= 4 is 17.6 Å². The molecule has 0 bridgehead atoms. The first kappa shape index (κ1) is 16.2. The zero-order chi connectivity index (χ0) is 15.1. The van der Waals surface area contributed by atoms with E-state index in [4.69, 9.17) is 10.8 Å². The molecular weight excluding hydrogens is 256 g/mol. The topological polar surface area (TPSA) is 83.6 Å². The quantitative estimate of drug-likeness (QED) is 0.798. The Labute approximate surface area is 119 Å². The molecule has 0 heterocycles. The first-order valence-electron chi connectivity index (χ1n) is 6.79. The van der Waals surface area contributed by atoms with Crippen molar-refractivity contribution in [2.24, 2.45) is 5.73 Å². The lowest BCUT2D eigenvalue weighted by Crippen LogP contribution is -2.37. The predicted molar refractivity (Wildman–Crippen MR) is 78.7 cm³/mol. The first-order chi connectivity index (χ1) is 9.45. The minimum absolute atomic E-state index is 0.0819. The second-order valence-corrected chi connectivity index (χ2v) is 4.85. The average molecular weight is 278 g/mol. The predicted octanol–water partition coefficient (Wildman–Crippen LogP) is 1.93. The minimum Gasteiger partial charge on any atom is -0.481 e. The van der Waals surface area contributed by atoms with E-state index < -0.39 is 5.97 Å². The smallest absolute Gasteiger partial charge is 0.305 e. The number of nitrogens with two attached hydrogens (primary N) is 1. The van der Waals surface area contributed by atoms with Crippen LogP contribution >= 0.6 is 0 Å². The van der Waals surface area contributed by atoms with Crippen LogP contribution in [0.25, 0.3) is 0 Å². The Hall–Kier alpha value is -1.88. The summed E-state index contributed by atoms with van der Waals surface area (Å²) in [6.07, 6.45) is 0.859. The Morgan fingerprint density at radius 2 is 2.00 bits per heavy atom. The Morgan fingerprint density at radius 1 is 1.35 bits per heavy atom. The molecule has 0 saturated heterocycles. The third-order valence-electron chi connectivity index (χ3n) is 3.22. The van der Waals surface area contributed by atoms with Crippen molar-refractivity contribution in [1.82, 2.24) is 0 Å². The fourth-order valence-corrected chi connectivity index (χ4v) is 1.93. The van der Waals surface area contributed by atoms with Crippen molar-refractivity contribution in [2.75, 3.05) is 11.4 Å². The highest BCUT2D eigenvalue weighted by Crippen LogP contribution is 2.21. The van der Waals surface area contributed by atoms with Gasteiger partial charge in [-0.05, 0) is 25.0 Å². The van der Waals surface area contributed by atoms with E-state index in [0.29, 0.717) is 6.42 Å². The van der Waals surface area contributed by atoms with Gasteiger partial charge in [0.2, 0.25) is 5.91 Å². The number of hydrogen-bond acceptors (Lipinski definition) is 3. The maximum atomic E-state index is 12.3. The van der Waals surface area contributed by atoms with Crippen molar-refractivity contribution in [3.8, 4) is 0 Å². The van der Waals surface area contributed by atoms with Gasteiger partial charge in [0.25, 0.3) is 0 Å². The maximum Gasteiger partial charge on any atom is 0.305 e. The van der Waals surface area contributed by atoms with Crippen LogP contribution in [0.1, 0.15) is 31.7 Å². The number of rotatable bonds is 7. The van der Waals surface area contributed by atoms with Gasteiger partial charge in [-0.1, -0.05) is 25.1 Å². The number of carbonyl (C=O) groups excluding carboxylic acids is 1. The van der Waals surface area contributed by atoms with Crippen LogP contribution in [-0.4, -0.2) is 29.6 Å². The van der Waals surface area contributed by atoms with E-state index in [2.05, 4.69) is 0 Å². The van der Waals surface area contributed by atoms with E-state index in [0.717, 1.165) is 11.3 Å². The molecule has 1 amide bonds. The van der Waals surface area contributed by atoms with Crippen LogP contribution in [0.3, 0.4) is 0 Å². The molecule has 0 fully saturated rings. The highest BCUT2D eigenvalue weighted by Gasteiger charge is 2.20.